The average Bonchev–Trinajstić information content (AvgIpc) is 3.09. The summed E-state index contributed by atoms with van der Waals surface area (Å²) in [6.45, 7) is 8.18. The zero-order chi connectivity index (χ0) is 19.4. The van der Waals surface area contributed by atoms with E-state index in [1.165, 1.54) is 0 Å². The van der Waals surface area contributed by atoms with E-state index in [1.54, 1.807) is 10.9 Å². The minimum Gasteiger partial charge on any atom is -0.457 e. The molecule has 1 aromatic heterocycles. The van der Waals surface area contributed by atoms with Gasteiger partial charge < -0.3 is 14.0 Å². The van der Waals surface area contributed by atoms with Crippen LogP contribution in [-0.4, -0.2) is 28.1 Å². The van der Waals surface area contributed by atoms with Crippen LogP contribution in [0.1, 0.15) is 27.7 Å². The molecule has 0 N–H and O–H groups in total. The maximum Gasteiger partial charge on any atom is 0.494 e. The number of benzene rings is 2. The van der Waals surface area contributed by atoms with E-state index in [4.69, 9.17) is 25.6 Å². The molecule has 1 aliphatic heterocycles. The third kappa shape index (κ3) is 3.12. The second-order valence-electron chi connectivity index (χ2n) is 7.84. The number of hydrogen-bond donors (Lipinski definition) is 0. The van der Waals surface area contributed by atoms with Crippen LogP contribution in [0, 0.1) is 0 Å². The van der Waals surface area contributed by atoms with Crippen molar-refractivity contribution < 1.29 is 14.0 Å². The van der Waals surface area contributed by atoms with Gasteiger partial charge in [-0.3, -0.25) is 4.68 Å². The topological polar surface area (TPSA) is 45.5 Å². The quantitative estimate of drug-likeness (QED) is 0.631. The Labute approximate surface area is 164 Å². The SMILES string of the molecule is Cn1ncc2c(Oc3ccc(B4OC(C)(C)C(C)(C)O4)cc3)ccc(Cl)c21. The molecule has 4 rings (SSSR count). The van der Waals surface area contributed by atoms with Gasteiger partial charge in [0.25, 0.3) is 0 Å². The lowest BCUT2D eigenvalue weighted by molar-refractivity contribution is 0.00578. The van der Waals surface area contributed by atoms with Gasteiger partial charge in [0.15, 0.2) is 0 Å². The van der Waals surface area contributed by atoms with Crippen LogP contribution in [0.25, 0.3) is 10.9 Å². The van der Waals surface area contributed by atoms with Gasteiger partial charge in [0, 0.05) is 7.05 Å². The van der Waals surface area contributed by atoms with Gasteiger partial charge in [-0.05, 0) is 57.4 Å². The Morgan fingerprint density at radius 3 is 2.26 bits per heavy atom. The van der Waals surface area contributed by atoms with Crippen molar-refractivity contribution in [3.05, 3.63) is 47.6 Å². The first-order valence-electron chi connectivity index (χ1n) is 8.92. The van der Waals surface area contributed by atoms with E-state index in [9.17, 15) is 0 Å². The molecule has 5 nitrogen and oxygen atoms in total. The maximum atomic E-state index is 6.27. The Bertz CT molecular complexity index is 982. The molecule has 2 aromatic carbocycles. The molecule has 140 valence electrons. The van der Waals surface area contributed by atoms with Crippen LogP contribution in [0.2, 0.25) is 5.02 Å². The molecule has 0 spiro atoms. The van der Waals surface area contributed by atoms with Crippen molar-refractivity contribution in [3.63, 3.8) is 0 Å². The number of fused-ring (bicyclic) bond motifs is 1. The summed E-state index contributed by atoms with van der Waals surface area (Å²) >= 11 is 6.27. The molecule has 0 atom stereocenters. The van der Waals surface area contributed by atoms with Crippen LogP contribution in [0.15, 0.2) is 42.6 Å². The van der Waals surface area contributed by atoms with Crippen LogP contribution in [0.4, 0.5) is 0 Å². The molecule has 3 aromatic rings. The molecule has 1 aliphatic rings. The van der Waals surface area contributed by atoms with Crippen molar-refractivity contribution in [1.29, 1.82) is 0 Å². The molecular formula is C20H22BClN2O3. The lowest BCUT2D eigenvalue weighted by Gasteiger charge is -2.32. The predicted molar refractivity (Wildman–Crippen MR) is 108 cm³/mol. The van der Waals surface area contributed by atoms with Crippen molar-refractivity contribution >= 4 is 35.1 Å². The summed E-state index contributed by atoms with van der Waals surface area (Å²) in [5.74, 6) is 1.44. The summed E-state index contributed by atoms with van der Waals surface area (Å²) < 4.78 is 20.0. The summed E-state index contributed by atoms with van der Waals surface area (Å²) in [6, 6.07) is 11.4. The minimum absolute atomic E-state index is 0.359. The van der Waals surface area contributed by atoms with E-state index < -0.39 is 0 Å². The molecule has 0 unspecified atom stereocenters. The van der Waals surface area contributed by atoms with Crippen molar-refractivity contribution in [2.75, 3.05) is 0 Å². The largest absolute Gasteiger partial charge is 0.494 e. The molecule has 0 bridgehead atoms. The Morgan fingerprint density at radius 2 is 1.63 bits per heavy atom. The molecule has 27 heavy (non-hydrogen) atoms. The number of hydrogen-bond acceptors (Lipinski definition) is 4. The van der Waals surface area contributed by atoms with Crippen molar-refractivity contribution in [3.8, 4) is 11.5 Å². The molecule has 1 saturated heterocycles. The van der Waals surface area contributed by atoms with E-state index in [0.717, 1.165) is 22.1 Å². The first-order chi connectivity index (χ1) is 12.7. The highest BCUT2D eigenvalue weighted by atomic mass is 35.5. The highest BCUT2D eigenvalue weighted by molar-refractivity contribution is 6.62. The van der Waals surface area contributed by atoms with Crippen LogP contribution in [-0.2, 0) is 16.4 Å². The fourth-order valence-electron chi connectivity index (χ4n) is 3.11. The maximum absolute atomic E-state index is 6.27. The third-order valence-corrected chi connectivity index (χ3v) is 5.75. The van der Waals surface area contributed by atoms with E-state index in [2.05, 4.69) is 5.10 Å². The highest BCUT2D eigenvalue weighted by Crippen LogP contribution is 2.37. The Hall–Kier alpha value is -2.02. The van der Waals surface area contributed by atoms with E-state index in [1.807, 2.05) is 71.1 Å². The first-order valence-corrected chi connectivity index (χ1v) is 9.29. The lowest BCUT2D eigenvalue weighted by Crippen LogP contribution is -2.41. The van der Waals surface area contributed by atoms with Crippen molar-refractivity contribution in [2.24, 2.45) is 7.05 Å². The van der Waals surface area contributed by atoms with Crippen LogP contribution < -0.4 is 10.2 Å². The Kier molecular flexibility index (Phi) is 4.26. The number of halogens is 1. The molecule has 0 saturated carbocycles. The van der Waals surface area contributed by atoms with Crippen LogP contribution in [0.5, 0.6) is 11.5 Å². The number of aromatic nitrogens is 2. The molecule has 7 heteroatoms. The molecule has 0 amide bonds. The van der Waals surface area contributed by atoms with E-state index in [-0.39, 0.29) is 18.3 Å². The summed E-state index contributed by atoms with van der Waals surface area (Å²) in [6.07, 6.45) is 1.76. The van der Waals surface area contributed by atoms with Crippen molar-refractivity contribution in [1.82, 2.24) is 9.78 Å². The second kappa shape index (κ2) is 6.26. The fourth-order valence-corrected chi connectivity index (χ4v) is 3.39. The fraction of sp³-hybridized carbons (Fsp3) is 0.350. The van der Waals surface area contributed by atoms with Crippen LogP contribution in [0.3, 0.4) is 0 Å². The van der Waals surface area contributed by atoms with Gasteiger partial charge in [0.05, 0.1) is 33.3 Å². The van der Waals surface area contributed by atoms with Gasteiger partial charge >= 0.3 is 7.12 Å². The van der Waals surface area contributed by atoms with E-state index in [0.29, 0.717) is 10.8 Å². The molecule has 0 aliphatic carbocycles. The smallest absolute Gasteiger partial charge is 0.457 e. The summed E-state index contributed by atoms with van der Waals surface area (Å²) in [5.41, 5.74) is 1.09. The number of ether oxygens (including phenoxy) is 1. The number of aryl methyl sites for hydroxylation is 1. The molecule has 0 radical (unpaired) electrons. The molecular weight excluding hydrogens is 362 g/mol. The van der Waals surface area contributed by atoms with Gasteiger partial charge in [0.2, 0.25) is 0 Å². The van der Waals surface area contributed by atoms with Gasteiger partial charge in [0.1, 0.15) is 11.5 Å². The number of rotatable bonds is 3. The van der Waals surface area contributed by atoms with Crippen LogP contribution >= 0.6 is 11.6 Å². The number of nitrogens with zero attached hydrogens (tertiary/aromatic N) is 2. The normalized spacial score (nSPS) is 18.2. The van der Waals surface area contributed by atoms with Gasteiger partial charge in [-0.1, -0.05) is 23.7 Å². The van der Waals surface area contributed by atoms with Gasteiger partial charge in [-0.25, -0.2) is 0 Å². The summed E-state index contributed by atoms with van der Waals surface area (Å²) in [7, 11) is 1.47. The monoisotopic (exact) mass is 384 g/mol. The Balaban J connectivity index is 1.57. The third-order valence-electron chi connectivity index (χ3n) is 5.44. The molecule has 1 fully saturated rings. The minimum atomic E-state index is -0.385. The standard InChI is InChI=1S/C20H22BClN2O3/c1-19(2)20(3,4)27-21(26-19)13-6-8-14(9-7-13)25-17-11-10-16(22)18-15(17)12-23-24(18)5/h6-12H,1-5H3. The van der Waals surface area contributed by atoms with E-state index >= 15 is 0 Å². The van der Waals surface area contributed by atoms with Gasteiger partial charge in [-0.15, -0.1) is 0 Å². The zero-order valence-electron chi connectivity index (χ0n) is 16.1. The first kappa shape index (κ1) is 18.4. The zero-order valence-corrected chi connectivity index (χ0v) is 16.9. The Morgan fingerprint density at radius 1 is 1.00 bits per heavy atom. The highest BCUT2D eigenvalue weighted by Gasteiger charge is 2.51. The van der Waals surface area contributed by atoms with Gasteiger partial charge in [-0.2, -0.15) is 5.10 Å². The average molecular weight is 385 g/mol. The predicted octanol–water partition coefficient (Wildman–Crippen LogP) is 4.32. The lowest BCUT2D eigenvalue weighted by atomic mass is 9.79. The second-order valence-corrected chi connectivity index (χ2v) is 8.24. The molecule has 2 heterocycles. The van der Waals surface area contributed by atoms with Crippen molar-refractivity contribution in [2.45, 2.75) is 38.9 Å². The summed E-state index contributed by atoms with van der Waals surface area (Å²) in [5, 5.41) is 5.79. The summed E-state index contributed by atoms with van der Waals surface area (Å²) in [4.78, 5) is 0.